The summed E-state index contributed by atoms with van der Waals surface area (Å²) in [5, 5.41) is 11.7. The minimum Gasteiger partial charge on any atom is -0.394 e. The number of anilines is 1. The molecule has 1 aromatic rings. The monoisotopic (exact) mass is 199 g/mol. The Hall–Kier alpha value is -1.23. The Morgan fingerprint density at radius 2 is 2.29 bits per heavy atom. The molecule has 1 heterocycles. The Kier molecular flexibility index (Phi) is 3.76. The van der Waals surface area contributed by atoms with Gasteiger partial charge in [0.05, 0.1) is 18.3 Å². The molecule has 0 aromatic carbocycles. The molecule has 1 aromatic heterocycles. The van der Waals surface area contributed by atoms with Crippen LogP contribution in [0.15, 0.2) is 6.33 Å². The lowest BCUT2D eigenvalue weighted by atomic mass is 10.2. The Morgan fingerprint density at radius 1 is 1.57 bits per heavy atom. The fourth-order valence-electron chi connectivity index (χ4n) is 1.03. The Morgan fingerprint density at radius 3 is 2.86 bits per heavy atom. The van der Waals surface area contributed by atoms with Gasteiger partial charge in [0, 0.05) is 0 Å². The van der Waals surface area contributed by atoms with E-state index in [1.807, 2.05) is 6.92 Å². The van der Waals surface area contributed by atoms with Gasteiger partial charge in [0.15, 0.2) is 11.6 Å². The van der Waals surface area contributed by atoms with Crippen molar-refractivity contribution in [1.29, 1.82) is 0 Å². The number of aliphatic hydroxyl groups excluding tert-OH is 1. The second-order valence-corrected chi connectivity index (χ2v) is 3.05. The fraction of sp³-hybridized carbons (Fsp3) is 0.556. The lowest BCUT2D eigenvalue weighted by molar-refractivity contribution is 0.271. The van der Waals surface area contributed by atoms with Gasteiger partial charge in [-0.25, -0.2) is 14.4 Å². The third kappa shape index (κ3) is 2.38. The SMILES string of the molecule is CCC(CO)Nc1ncnc(C)c1F. The van der Waals surface area contributed by atoms with Gasteiger partial charge in [0.25, 0.3) is 0 Å². The molecule has 0 saturated carbocycles. The van der Waals surface area contributed by atoms with Crippen LogP contribution in [-0.4, -0.2) is 27.7 Å². The predicted molar refractivity (Wildman–Crippen MR) is 51.5 cm³/mol. The summed E-state index contributed by atoms with van der Waals surface area (Å²) in [5.74, 6) is -0.308. The Bertz CT molecular complexity index is 302. The summed E-state index contributed by atoms with van der Waals surface area (Å²) < 4.78 is 13.4. The van der Waals surface area contributed by atoms with Crippen LogP contribution in [0.2, 0.25) is 0 Å². The molecule has 0 radical (unpaired) electrons. The molecule has 0 amide bonds. The maximum Gasteiger partial charge on any atom is 0.186 e. The highest BCUT2D eigenvalue weighted by Gasteiger charge is 2.11. The minimum absolute atomic E-state index is 0.0427. The maximum atomic E-state index is 13.4. The Labute approximate surface area is 82.2 Å². The first-order chi connectivity index (χ1) is 6.69. The highest BCUT2D eigenvalue weighted by Crippen LogP contribution is 2.13. The van der Waals surface area contributed by atoms with Gasteiger partial charge < -0.3 is 10.4 Å². The van der Waals surface area contributed by atoms with Crippen LogP contribution in [0.1, 0.15) is 19.0 Å². The molecular weight excluding hydrogens is 185 g/mol. The number of nitrogens with zero attached hydrogens (tertiary/aromatic N) is 2. The highest BCUT2D eigenvalue weighted by atomic mass is 19.1. The molecule has 1 unspecified atom stereocenters. The van der Waals surface area contributed by atoms with Gasteiger partial charge in [0.1, 0.15) is 6.33 Å². The van der Waals surface area contributed by atoms with Gasteiger partial charge in [-0.05, 0) is 13.3 Å². The average Bonchev–Trinajstić information content (AvgIpc) is 2.20. The smallest absolute Gasteiger partial charge is 0.186 e. The van der Waals surface area contributed by atoms with Crippen molar-refractivity contribution in [2.45, 2.75) is 26.3 Å². The van der Waals surface area contributed by atoms with Gasteiger partial charge in [-0.2, -0.15) is 0 Å². The molecule has 0 saturated heterocycles. The van der Waals surface area contributed by atoms with Gasteiger partial charge in [-0.15, -0.1) is 0 Å². The molecule has 14 heavy (non-hydrogen) atoms. The fourth-order valence-corrected chi connectivity index (χ4v) is 1.03. The summed E-state index contributed by atoms with van der Waals surface area (Å²) >= 11 is 0. The lowest BCUT2D eigenvalue weighted by Crippen LogP contribution is -2.24. The first-order valence-electron chi connectivity index (χ1n) is 4.53. The van der Waals surface area contributed by atoms with Crippen molar-refractivity contribution in [2.24, 2.45) is 0 Å². The third-order valence-corrected chi connectivity index (χ3v) is 2.02. The molecular formula is C9H14FN3O. The molecule has 0 bridgehead atoms. The molecule has 0 spiro atoms. The average molecular weight is 199 g/mol. The summed E-state index contributed by atoms with van der Waals surface area (Å²) in [6.07, 6.45) is 2.00. The third-order valence-electron chi connectivity index (χ3n) is 2.02. The van der Waals surface area contributed by atoms with E-state index in [-0.39, 0.29) is 18.5 Å². The summed E-state index contributed by atoms with van der Waals surface area (Å²) in [4.78, 5) is 7.48. The van der Waals surface area contributed by atoms with Gasteiger partial charge in [-0.1, -0.05) is 6.92 Å². The molecule has 1 rings (SSSR count). The Balaban J connectivity index is 2.80. The number of hydrogen-bond donors (Lipinski definition) is 2. The normalized spacial score (nSPS) is 12.6. The first-order valence-corrected chi connectivity index (χ1v) is 4.53. The van der Waals surface area contributed by atoms with Crippen molar-refractivity contribution >= 4 is 5.82 Å². The number of aromatic nitrogens is 2. The predicted octanol–water partition coefficient (Wildman–Crippen LogP) is 1.11. The molecule has 0 aliphatic carbocycles. The van der Waals surface area contributed by atoms with Crippen LogP contribution in [0.25, 0.3) is 0 Å². The molecule has 2 N–H and O–H groups in total. The number of rotatable bonds is 4. The number of hydrogen-bond acceptors (Lipinski definition) is 4. The van der Waals surface area contributed by atoms with Crippen molar-refractivity contribution in [1.82, 2.24) is 9.97 Å². The van der Waals surface area contributed by atoms with E-state index in [1.54, 1.807) is 6.92 Å². The maximum absolute atomic E-state index is 13.4. The van der Waals surface area contributed by atoms with E-state index >= 15 is 0 Å². The van der Waals surface area contributed by atoms with E-state index < -0.39 is 5.82 Å². The van der Waals surface area contributed by atoms with Crippen molar-refractivity contribution in [3.8, 4) is 0 Å². The van der Waals surface area contributed by atoms with Crippen molar-refractivity contribution in [3.63, 3.8) is 0 Å². The minimum atomic E-state index is -0.459. The first kappa shape index (κ1) is 10.8. The van der Waals surface area contributed by atoms with Crippen LogP contribution in [0.3, 0.4) is 0 Å². The molecule has 1 atom stereocenters. The zero-order valence-corrected chi connectivity index (χ0v) is 8.29. The van der Waals surface area contributed by atoms with Crippen LogP contribution in [0, 0.1) is 12.7 Å². The van der Waals surface area contributed by atoms with Gasteiger partial charge >= 0.3 is 0 Å². The number of halogens is 1. The highest BCUT2D eigenvalue weighted by molar-refractivity contribution is 5.37. The van der Waals surface area contributed by atoms with Gasteiger partial charge in [-0.3, -0.25) is 0 Å². The van der Waals surface area contributed by atoms with E-state index in [1.165, 1.54) is 6.33 Å². The number of aryl methyl sites for hydroxylation is 1. The summed E-state index contributed by atoms with van der Waals surface area (Å²) in [5.41, 5.74) is 0.301. The van der Waals surface area contributed by atoms with E-state index in [0.717, 1.165) is 0 Å². The van der Waals surface area contributed by atoms with Crippen LogP contribution >= 0.6 is 0 Å². The van der Waals surface area contributed by atoms with Gasteiger partial charge in [0.2, 0.25) is 0 Å². The second kappa shape index (κ2) is 4.85. The van der Waals surface area contributed by atoms with Crippen LogP contribution in [0.4, 0.5) is 10.2 Å². The molecule has 0 fully saturated rings. The quantitative estimate of drug-likeness (QED) is 0.762. The van der Waals surface area contributed by atoms with Crippen LogP contribution < -0.4 is 5.32 Å². The molecule has 5 heteroatoms. The standard InChI is InChI=1S/C9H14FN3O/c1-3-7(4-14)13-9-8(10)6(2)11-5-12-9/h5,7,14H,3-4H2,1-2H3,(H,11,12,13). The van der Waals surface area contributed by atoms with E-state index in [4.69, 9.17) is 5.11 Å². The van der Waals surface area contributed by atoms with Crippen LogP contribution in [-0.2, 0) is 0 Å². The lowest BCUT2D eigenvalue weighted by Gasteiger charge is -2.15. The molecule has 78 valence electrons. The van der Waals surface area contributed by atoms with E-state index in [0.29, 0.717) is 12.1 Å². The zero-order chi connectivity index (χ0) is 10.6. The second-order valence-electron chi connectivity index (χ2n) is 3.05. The largest absolute Gasteiger partial charge is 0.394 e. The summed E-state index contributed by atoms with van der Waals surface area (Å²) in [7, 11) is 0. The molecule has 0 aliphatic rings. The summed E-state index contributed by atoms with van der Waals surface area (Å²) in [6.45, 7) is 3.43. The van der Waals surface area contributed by atoms with Crippen molar-refractivity contribution in [2.75, 3.05) is 11.9 Å². The van der Waals surface area contributed by atoms with Crippen molar-refractivity contribution in [3.05, 3.63) is 17.8 Å². The molecule has 0 aliphatic heterocycles. The zero-order valence-electron chi connectivity index (χ0n) is 8.29. The topological polar surface area (TPSA) is 58.0 Å². The molecule has 4 nitrogen and oxygen atoms in total. The van der Waals surface area contributed by atoms with E-state index in [9.17, 15) is 4.39 Å². The van der Waals surface area contributed by atoms with Crippen LogP contribution in [0.5, 0.6) is 0 Å². The number of aliphatic hydroxyl groups is 1. The van der Waals surface area contributed by atoms with E-state index in [2.05, 4.69) is 15.3 Å². The number of nitrogens with one attached hydrogen (secondary N) is 1. The van der Waals surface area contributed by atoms with Crippen molar-refractivity contribution < 1.29 is 9.50 Å². The summed E-state index contributed by atoms with van der Waals surface area (Å²) in [6, 6.07) is -0.168.